The average Bonchev–Trinajstić information content (AvgIpc) is 2.56. The largest absolute Gasteiger partial charge is 0.366 e. The number of carbonyl (C=O) groups is 3. The first-order valence-electron chi connectivity index (χ1n) is 7.11. The number of likely N-dealkylation sites (N-methyl/N-ethyl adjacent to an activating group) is 1. The van der Waals surface area contributed by atoms with Crippen molar-refractivity contribution in [3.63, 3.8) is 0 Å². The molecule has 6 nitrogen and oxygen atoms in total. The van der Waals surface area contributed by atoms with Gasteiger partial charge in [0.25, 0.3) is 5.91 Å². The summed E-state index contributed by atoms with van der Waals surface area (Å²) in [5.41, 5.74) is 6.24. The molecule has 0 aliphatic carbocycles. The first kappa shape index (κ1) is 16.2. The highest BCUT2D eigenvalue weighted by Crippen LogP contribution is 2.16. The van der Waals surface area contributed by atoms with E-state index < -0.39 is 17.7 Å². The highest BCUT2D eigenvalue weighted by molar-refractivity contribution is 6.44. The Bertz CT molecular complexity index is 729. The van der Waals surface area contributed by atoms with Crippen LogP contribution in [-0.2, 0) is 9.59 Å². The van der Waals surface area contributed by atoms with Crippen LogP contribution in [0.1, 0.15) is 17.3 Å². The number of rotatable bonds is 4. The maximum atomic E-state index is 12.4. The van der Waals surface area contributed by atoms with Crippen LogP contribution in [0.4, 0.5) is 11.4 Å². The molecule has 2 aromatic rings. The average molecular weight is 311 g/mol. The van der Waals surface area contributed by atoms with Gasteiger partial charge in [-0.1, -0.05) is 30.3 Å². The number of carbonyl (C=O) groups excluding carboxylic acids is 3. The lowest BCUT2D eigenvalue weighted by Gasteiger charge is -2.20. The minimum atomic E-state index is -0.829. The van der Waals surface area contributed by atoms with Crippen molar-refractivity contribution < 1.29 is 14.4 Å². The molecule has 0 bridgehead atoms. The van der Waals surface area contributed by atoms with E-state index >= 15 is 0 Å². The van der Waals surface area contributed by atoms with Crippen molar-refractivity contribution >= 4 is 29.1 Å². The second-order valence-electron chi connectivity index (χ2n) is 4.75. The number of hydrogen-bond donors (Lipinski definition) is 2. The van der Waals surface area contributed by atoms with E-state index in [0.29, 0.717) is 12.2 Å². The smallest absolute Gasteiger partial charge is 0.316 e. The van der Waals surface area contributed by atoms with E-state index in [1.54, 1.807) is 43.3 Å². The summed E-state index contributed by atoms with van der Waals surface area (Å²) >= 11 is 0. The van der Waals surface area contributed by atoms with Gasteiger partial charge in [-0.3, -0.25) is 14.4 Å². The summed E-state index contributed by atoms with van der Waals surface area (Å²) < 4.78 is 0. The number of hydrogen-bond acceptors (Lipinski definition) is 3. The number of anilines is 2. The number of para-hydroxylation sites is 2. The molecule has 3 N–H and O–H groups in total. The van der Waals surface area contributed by atoms with Crippen LogP contribution in [0, 0.1) is 0 Å². The third-order valence-corrected chi connectivity index (χ3v) is 3.26. The van der Waals surface area contributed by atoms with E-state index in [1.807, 2.05) is 6.07 Å². The molecule has 2 rings (SSSR count). The molecule has 6 heteroatoms. The fourth-order valence-electron chi connectivity index (χ4n) is 2.16. The van der Waals surface area contributed by atoms with Crippen molar-refractivity contribution in [1.29, 1.82) is 0 Å². The molecule has 118 valence electrons. The molecule has 3 amide bonds. The van der Waals surface area contributed by atoms with Gasteiger partial charge in [-0.2, -0.15) is 0 Å². The van der Waals surface area contributed by atoms with Crippen molar-refractivity contribution in [3.8, 4) is 0 Å². The Labute approximate surface area is 133 Å². The van der Waals surface area contributed by atoms with E-state index in [0.717, 1.165) is 0 Å². The zero-order chi connectivity index (χ0) is 16.8. The van der Waals surface area contributed by atoms with Gasteiger partial charge in [0.1, 0.15) is 0 Å². The lowest BCUT2D eigenvalue weighted by molar-refractivity contribution is -0.134. The van der Waals surface area contributed by atoms with Crippen LogP contribution >= 0.6 is 0 Å². The summed E-state index contributed by atoms with van der Waals surface area (Å²) in [4.78, 5) is 37.3. The van der Waals surface area contributed by atoms with Gasteiger partial charge in [0.05, 0.1) is 11.3 Å². The molecule has 0 atom stereocenters. The molecule has 2 aromatic carbocycles. The minimum absolute atomic E-state index is 0.149. The normalized spacial score (nSPS) is 9.96. The summed E-state index contributed by atoms with van der Waals surface area (Å²) in [6.45, 7) is 2.11. The first-order chi connectivity index (χ1) is 11.0. The molecule has 0 radical (unpaired) electrons. The second kappa shape index (κ2) is 7.22. The molecular formula is C17H17N3O3. The van der Waals surface area contributed by atoms with Gasteiger partial charge in [0.15, 0.2) is 0 Å². The van der Waals surface area contributed by atoms with Crippen LogP contribution in [-0.4, -0.2) is 24.3 Å². The zero-order valence-corrected chi connectivity index (χ0v) is 12.7. The highest BCUT2D eigenvalue weighted by Gasteiger charge is 2.23. The Morgan fingerprint density at radius 1 is 1.00 bits per heavy atom. The molecule has 0 aliphatic rings. The van der Waals surface area contributed by atoms with Crippen molar-refractivity contribution in [3.05, 3.63) is 60.2 Å². The molecule has 0 saturated heterocycles. The van der Waals surface area contributed by atoms with Crippen LogP contribution in [0.5, 0.6) is 0 Å². The molecule has 0 unspecified atom stereocenters. The number of amides is 3. The summed E-state index contributed by atoms with van der Waals surface area (Å²) in [6, 6.07) is 15.1. The monoisotopic (exact) mass is 311 g/mol. The molecule has 0 heterocycles. The van der Waals surface area contributed by atoms with Gasteiger partial charge < -0.3 is 16.0 Å². The Morgan fingerprint density at radius 2 is 1.61 bits per heavy atom. The number of benzene rings is 2. The lowest BCUT2D eigenvalue weighted by Crippen LogP contribution is -2.40. The molecule has 0 fully saturated rings. The van der Waals surface area contributed by atoms with E-state index in [2.05, 4.69) is 5.32 Å². The van der Waals surface area contributed by atoms with Crippen LogP contribution in [0.15, 0.2) is 54.6 Å². The van der Waals surface area contributed by atoms with Gasteiger partial charge >= 0.3 is 11.8 Å². The van der Waals surface area contributed by atoms with E-state index in [1.165, 1.54) is 17.0 Å². The van der Waals surface area contributed by atoms with E-state index in [-0.39, 0.29) is 11.3 Å². The Hall–Kier alpha value is -3.15. The standard InChI is InChI=1S/C17H17N3O3/c1-2-20(12-8-4-3-5-9-12)17(23)16(22)19-14-11-7-6-10-13(14)15(18)21/h3-11H,2H2,1H3,(H2,18,21)(H,19,22). The Balaban J connectivity index is 2.20. The summed E-state index contributed by atoms with van der Waals surface area (Å²) in [7, 11) is 0. The molecular weight excluding hydrogens is 294 g/mol. The molecule has 23 heavy (non-hydrogen) atoms. The minimum Gasteiger partial charge on any atom is -0.366 e. The highest BCUT2D eigenvalue weighted by atomic mass is 16.2. The summed E-state index contributed by atoms with van der Waals surface area (Å²) in [6.07, 6.45) is 0. The number of nitrogens with one attached hydrogen (secondary N) is 1. The lowest BCUT2D eigenvalue weighted by atomic mass is 10.1. The van der Waals surface area contributed by atoms with Crippen molar-refractivity contribution in [2.75, 3.05) is 16.8 Å². The number of nitrogens with two attached hydrogens (primary N) is 1. The van der Waals surface area contributed by atoms with Crippen molar-refractivity contribution in [2.24, 2.45) is 5.73 Å². The third-order valence-electron chi connectivity index (χ3n) is 3.26. The Morgan fingerprint density at radius 3 is 2.22 bits per heavy atom. The third kappa shape index (κ3) is 3.74. The second-order valence-corrected chi connectivity index (χ2v) is 4.75. The van der Waals surface area contributed by atoms with E-state index in [4.69, 9.17) is 5.73 Å². The maximum absolute atomic E-state index is 12.4. The van der Waals surface area contributed by atoms with Crippen LogP contribution in [0.3, 0.4) is 0 Å². The quantitative estimate of drug-likeness (QED) is 0.843. The molecule has 0 saturated carbocycles. The zero-order valence-electron chi connectivity index (χ0n) is 12.7. The first-order valence-corrected chi connectivity index (χ1v) is 7.11. The van der Waals surface area contributed by atoms with Crippen LogP contribution in [0.25, 0.3) is 0 Å². The topological polar surface area (TPSA) is 92.5 Å². The van der Waals surface area contributed by atoms with Gasteiger partial charge in [0.2, 0.25) is 0 Å². The fourth-order valence-corrected chi connectivity index (χ4v) is 2.16. The predicted octanol–water partition coefficient (Wildman–Crippen LogP) is 1.78. The van der Waals surface area contributed by atoms with Gasteiger partial charge in [-0.25, -0.2) is 0 Å². The molecule has 0 spiro atoms. The van der Waals surface area contributed by atoms with Gasteiger partial charge in [-0.15, -0.1) is 0 Å². The van der Waals surface area contributed by atoms with Gasteiger partial charge in [0, 0.05) is 12.2 Å². The summed E-state index contributed by atoms with van der Waals surface area (Å²) in [5.74, 6) is -2.22. The van der Waals surface area contributed by atoms with E-state index in [9.17, 15) is 14.4 Å². The Kier molecular flexibility index (Phi) is 5.09. The predicted molar refractivity (Wildman–Crippen MR) is 88.1 cm³/mol. The van der Waals surface area contributed by atoms with Crippen molar-refractivity contribution in [1.82, 2.24) is 0 Å². The number of nitrogens with zero attached hydrogens (tertiary/aromatic N) is 1. The molecule has 0 aliphatic heterocycles. The van der Waals surface area contributed by atoms with Crippen LogP contribution < -0.4 is 16.0 Å². The fraction of sp³-hybridized carbons (Fsp3) is 0.118. The van der Waals surface area contributed by atoms with Crippen molar-refractivity contribution in [2.45, 2.75) is 6.92 Å². The van der Waals surface area contributed by atoms with Gasteiger partial charge in [-0.05, 0) is 31.2 Å². The SMILES string of the molecule is CCN(C(=O)C(=O)Nc1ccccc1C(N)=O)c1ccccc1. The summed E-state index contributed by atoms with van der Waals surface area (Å²) in [5, 5.41) is 2.45. The maximum Gasteiger partial charge on any atom is 0.316 e. The number of primary amides is 1. The van der Waals surface area contributed by atoms with Crippen LogP contribution in [0.2, 0.25) is 0 Å². The molecule has 0 aromatic heterocycles.